The molecule has 3 rings (SSSR count). The van der Waals surface area contributed by atoms with E-state index in [-0.39, 0.29) is 40.3 Å². The molecule has 5 N–H and O–H groups in total. The highest BCUT2D eigenvalue weighted by molar-refractivity contribution is 7.89. The Morgan fingerprint density at radius 3 is 2.83 bits per heavy atom. The zero-order valence-corrected chi connectivity index (χ0v) is 13.4. The number of hydrogen-bond acceptors (Lipinski definition) is 6. The third kappa shape index (κ3) is 2.80. The Kier molecular flexibility index (Phi) is 4.05. The van der Waals surface area contributed by atoms with Crippen molar-refractivity contribution in [2.75, 3.05) is 13.7 Å². The maximum Gasteiger partial charge on any atom is 0.255 e. The molecule has 1 aromatic carbocycles. The van der Waals surface area contributed by atoms with Crippen molar-refractivity contribution in [1.29, 1.82) is 0 Å². The van der Waals surface area contributed by atoms with Crippen molar-refractivity contribution in [3.05, 3.63) is 23.8 Å². The normalized spacial score (nSPS) is 29.5. The zero-order valence-electron chi connectivity index (χ0n) is 12.6. The molecule has 2 fully saturated rings. The number of benzene rings is 1. The third-order valence-electron chi connectivity index (χ3n) is 4.49. The van der Waals surface area contributed by atoms with Crippen LogP contribution in [0, 0.1) is 5.92 Å². The van der Waals surface area contributed by atoms with Crippen molar-refractivity contribution >= 4 is 15.9 Å². The van der Waals surface area contributed by atoms with Crippen LogP contribution in [0.1, 0.15) is 16.8 Å². The average Bonchev–Trinajstić information content (AvgIpc) is 2.95. The molecule has 1 heterocycles. The van der Waals surface area contributed by atoms with Crippen LogP contribution >= 0.6 is 0 Å². The first kappa shape index (κ1) is 16.2. The molecule has 9 heteroatoms. The van der Waals surface area contributed by atoms with Crippen LogP contribution in [0.4, 0.5) is 0 Å². The van der Waals surface area contributed by atoms with E-state index in [9.17, 15) is 13.2 Å². The first-order valence-corrected chi connectivity index (χ1v) is 8.76. The first-order valence-electron chi connectivity index (χ1n) is 7.22. The van der Waals surface area contributed by atoms with E-state index < -0.39 is 15.9 Å². The van der Waals surface area contributed by atoms with E-state index in [0.717, 1.165) is 6.42 Å². The summed E-state index contributed by atoms with van der Waals surface area (Å²) >= 11 is 0. The van der Waals surface area contributed by atoms with Gasteiger partial charge in [-0.1, -0.05) is 0 Å². The highest BCUT2D eigenvalue weighted by Gasteiger charge is 2.52. The molecule has 1 saturated heterocycles. The number of nitrogens with one attached hydrogen (secondary N) is 1. The summed E-state index contributed by atoms with van der Waals surface area (Å²) in [5.41, 5.74) is 6.15. The van der Waals surface area contributed by atoms with Crippen LogP contribution in [-0.4, -0.2) is 46.2 Å². The molecule has 0 spiro atoms. The maximum atomic E-state index is 12.5. The van der Waals surface area contributed by atoms with Crippen LogP contribution in [0.3, 0.4) is 0 Å². The lowest BCUT2D eigenvalue weighted by Crippen LogP contribution is -2.68. The van der Waals surface area contributed by atoms with E-state index >= 15 is 0 Å². The summed E-state index contributed by atoms with van der Waals surface area (Å²) in [6, 6.07) is 3.41. The number of ether oxygens (including phenoxy) is 2. The van der Waals surface area contributed by atoms with Gasteiger partial charge in [-0.25, -0.2) is 13.6 Å². The van der Waals surface area contributed by atoms with Gasteiger partial charge < -0.3 is 20.5 Å². The number of rotatable bonds is 4. The van der Waals surface area contributed by atoms with Crippen molar-refractivity contribution in [3.63, 3.8) is 0 Å². The fourth-order valence-electron chi connectivity index (χ4n) is 3.20. The number of hydrogen-bond donors (Lipinski definition) is 3. The molecule has 0 aromatic heterocycles. The lowest BCUT2D eigenvalue weighted by Gasteiger charge is -2.45. The van der Waals surface area contributed by atoms with Crippen LogP contribution < -0.4 is 20.9 Å². The molecule has 1 amide bonds. The lowest BCUT2D eigenvalue weighted by atomic mass is 9.72. The quantitative estimate of drug-likeness (QED) is 0.655. The van der Waals surface area contributed by atoms with Crippen molar-refractivity contribution in [3.8, 4) is 5.75 Å². The molecule has 1 saturated carbocycles. The zero-order chi connectivity index (χ0) is 16.8. The molecule has 8 nitrogen and oxygen atoms in total. The summed E-state index contributed by atoms with van der Waals surface area (Å²) < 4.78 is 33.6. The van der Waals surface area contributed by atoms with Crippen molar-refractivity contribution in [1.82, 2.24) is 5.32 Å². The molecule has 23 heavy (non-hydrogen) atoms. The summed E-state index contributed by atoms with van der Waals surface area (Å²) in [5.74, 6) is 0.0476. The number of fused-ring (bicyclic) bond motifs is 1. The summed E-state index contributed by atoms with van der Waals surface area (Å²) in [6.45, 7) is 0.639. The van der Waals surface area contributed by atoms with Gasteiger partial charge in [0, 0.05) is 18.6 Å². The second-order valence-corrected chi connectivity index (χ2v) is 7.33. The Labute approximate surface area is 134 Å². The van der Waals surface area contributed by atoms with Crippen LogP contribution in [0.2, 0.25) is 0 Å². The van der Waals surface area contributed by atoms with E-state index in [0.29, 0.717) is 6.61 Å². The minimum Gasteiger partial charge on any atom is -0.496 e. The molecule has 1 aromatic rings. The molecule has 126 valence electrons. The van der Waals surface area contributed by atoms with Gasteiger partial charge in [-0.15, -0.1) is 0 Å². The summed E-state index contributed by atoms with van der Waals surface area (Å²) in [6.07, 6.45) is 0.809. The van der Waals surface area contributed by atoms with Crippen LogP contribution in [0.5, 0.6) is 5.75 Å². The van der Waals surface area contributed by atoms with Gasteiger partial charge in [0.2, 0.25) is 10.0 Å². The molecular formula is C14H19N3O5S. The van der Waals surface area contributed by atoms with Crippen molar-refractivity contribution in [2.24, 2.45) is 16.8 Å². The van der Waals surface area contributed by atoms with E-state index in [1.807, 2.05) is 0 Å². The second kappa shape index (κ2) is 5.75. The standard InChI is InChI=1S/C14H19N3O5S/c1-21-10-3-2-7(23(16,19)20)6-9(10)14(18)17-12-11(15)8-4-5-22-13(8)12/h2-3,6,8,11-13H,4-5,15H2,1H3,(H,17,18)(H2,16,19,20)/t8-,11+,12-,13-/m1/s1. The topological polar surface area (TPSA) is 134 Å². The first-order chi connectivity index (χ1) is 10.8. The molecule has 0 radical (unpaired) electrons. The van der Waals surface area contributed by atoms with Crippen molar-refractivity contribution in [2.45, 2.75) is 29.5 Å². The van der Waals surface area contributed by atoms with E-state index in [4.69, 9.17) is 20.3 Å². The van der Waals surface area contributed by atoms with Gasteiger partial charge in [0.1, 0.15) is 5.75 Å². The van der Waals surface area contributed by atoms with E-state index in [1.54, 1.807) is 0 Å². The number of amides is 1. The smallest absolute Gasteiger partial charge is 0.255 e. The van der Waals surface area contributed by atoms with Gasteiger partial charge in [-0.3, -0.25) is 4.79 Å². The predicted molar refractivity (Wildman–Crippen MR) is 81.4 cm³/mol. The second-order valence-electron chi connectivity index (χ2n) is 5.77. The van der Waals surface area contributed by atoms with Gasteiger partial charge in [0.05, 0.1) is 29.7 Å². The summed E-state index contributed by atoms with van der Waals surface area (Å²) in [4.78, 5) is 12.3. The number of primary sulfonamides is 1. The van der Waals surface area contributed by atoms with E-state index in [2.05, 4.69) is 5.32 Å². The predicted octanol–water partition coefficient (Wildman–Crippen LogP) is -0.813. The molecular weight excluding hydrogens is 322 g/mol. The number of methoxy groups -OCH3 is 1. The number of nitrogens with two attached hydrogens (primary N) is 2. The monoisotopic (exact) mass is 341 g/mol. The van der Waals surface area contributed by atoms with E-state index in [1.165, 1.54) is 25.3 Å². The largest absolute Gasteiger partial charge is 0.496 e. The third-order valence-corrected chi connectivity index (χ3v) is 5.40. The molecule has 4 atom stereocenters. The van der Waals surface area contributed by atoms with Gasteiger partial charge in [0.25, 0.3) is 5.91 Å². The fraction of sp³-hybridized carbons (Fsp3) is 0.500. The van der Waals surface area contributed by atoms with Crippen LogP contribution in [0.15, 0.2) is 23.1 Å². The molecule has 1 aliphatic carbocycles. The van der Waals surface area contributed by atoms with Crippen LogP contribution in [-0.2, 0) is 14.8 Å². The minimum atomic E-state index is -3.91. The molecule has 1 aliphatic heterocycles. The Hall–Kier alpha value is -1.68. The number of sulfonamides is 1. The van der Waals surface area contributed by atoms with Gasteiger partial charge in [0.15, 0.2) is 0 Å². The van der Waals surface area contributed by atoms with Gasteiger partial charge >= 0.3 is 0 Å². The number of carbonyl (C=O) groups excluding carboxylic acids is 1. The summed E-state index contributed by atoms with van der Waals surface area (Å²) in [5, 5.41) is 7.91. The van der Waals surface area contributed by atoms with Gasteiger partial charge in [-0.2, -0.15) is 0 Å². The molecule has 2 aliphatic rings. The average molecular weight is 341 g/mol. The Bertz CT molecular complexity index is 736. The van der Waals surface area contributed by atoms with Crippen molar-refractivity contribution < 1.29 is 22.7 Å². The summed E-state index contributed by atoms with van der Waals surface area (Å²) in [7, 11) is -2.52. The minimum absolute atomic E-state index is 0.0821. The Morgan fingerprint density at radius 1 is 1.43 bits per heavy atom. The molecule has 0 unspecified atom stereocenters. The highest BCUT2D eigenvalue weighted by Crippen LogP contribution is 2.38. The van der Waals surface area contributed by atoms with Crippen LogP contribution in [0.25, 0.3) is 0 Å². The Morgan fingerprint density at radius 2 is 2.17 bits per heavy atom. The fourth-order valence-corrected chi connectivity index (χ4v) is 3.74. The highest BCUT2D eigenvalue weighted by atomic mass is 32.2. The lowest BCUT2D eigenvalue weighted by molar-refractivity contribution is -0.0161. The maximum absolute atomic E-state index is 12.5. The molecule has 0 bridgehead atoms. The number of carbonyl (C=O) groups is 1. The Balaban J connectivity index is 1.84. The van der Waals surface area contributed by atoms with Gasteiger partial charge in [-0.05, 0) is 24.6 Å². The SMILES string of the molecule is COc1ccc(S(N)(=O)=O)cc1C(=O)N[C@@H]1[C@@H](N)[C@H]2CCO[C@H]21.